The number of hydrogen-bond acceptors (Lipinski definition) is 6. The molecule has 1 unspecified atom stereocenters. The molecular formula is C27H22N4O3S. The van der Waals surface area contributed by atoms with Gasteiger partial charge in [0.25, 0.3) is 5.91 Å². The predicted molar refractivity (Wildman–Crippen MR) is 135 cm³/mol. The molecule has 4 rings (SSSR count). The normalized spacial score (nSPS) is 11.7. The van der Waals surface area contributed by atoms with Crippen LogP contribution in [0.4, 0.5) is 5.69 Å². The van der Waals surface area contributed by atoms with Gasteiger partial charge in [0.15, 0.2) is 6.10 Å². The molecule has 0 radical (unpaired) electrons. The molecule has 2 aromatic heterocycles. The van der Waals surface area contributed by atoms with Crippen LogP contribution in [0.25, 0.3) is 16.6 Å². The smallest absolute Gasteiger partial charge is 0.331 e. The van der Waals surface area contributed by atoms with Crippen LogP contribution in [0.3, 0.4) is 0 Å². The minimum Gasteiger partial charge on any atom is -0.449 e. The number of anilines is 1. The molecule has 0 bridgehead atoms. The Hall–Kier alpha value is -4.48. The van der Waals surface area contributed by atoms with Gasteiger partial charge in [-0.3, -0.25) is 9.48 Å². The SMILES string of the molecule is CC(OC(=O)/C=C/c1cn(Cc2ccccc2)nc1-c1cccs1)C(=O)Nc1ccccc1C#N. The van der Waals surface area contributed by atoms with E-state index in [0.717, 1.165) is 21.7 Å². The standard InChI is InChI=1S/C27H22N4O3S/c1-19(27(33)29-23-11-6-5-10-21(23)16-28)34-25(32)14-13-22-18-31(17-20-8-3-2-4-9-20)30-26(22)24-12-7-15-35-24/h2-15,18-19H,17H2,1H3,(H,29,33)/b14-13+. The lowest BCUT2D eigenvalue weighted by Crippen LogP contribution is -2.29. The van der Waals surface area contributed by atoms with E-state index in [2.05, 4.69) is 5.32 Å². The lowest BCUT2D eigenvalue weighted by Gasteiger charge is -2.13. The number of nitrogens with zero attached hydrogens (tertiary/aromatic N) is 3. The van der Waals surface area contributed by atoms with Crippen molar-refractivity contribution in [3.05, 3.63) is 101 Å². The molecule has 2 aromatic carbocycles. The quantitative estimate of drug-likeness (QED) is 0.278. The number of thiophene rings is 1. The summed E-state index contributed by atoms with van der Waals surface area (Å²) in [4.78, 5) is 25.9. The number of carbonyl (C=O) groups is 2. The highest BCUT2D eigenvalue weighted by Crippen LogP contribution is 2.28. The number of rotatable bonds is 8. The molecule has 8 heteroatoms. The van der Waals surface area contributed by atoms with Gasteiger partial charge in [-0.15, -0.1) is 11.3 Å². The maximum Gasteiger partial charge on any atom is 0.331 e. The van der Waals surface area contributed by atoms with Gasteiger partial charge in [0.05, 0.1) is 22.7 Å². The minimum atomic E-state index is -1.04. The highest BCUT2D eigenvalue weighted by Gasteiger charge is 2.18. The number of nitrogens with one attached hydrogen (secondary N) is 1. The molecule has 174 valence electrons. The number of esters is 1. The Bertz CT molecular complexity index is 1390. The lowest BCUT2D eigenvalue weighted by atomic mass is 10.2. The lowest BCUT2D eigenvalue weighted by molar-refractivity contribution is -0.148. The summed E-state index contributed by atoms with van der Waals surface area (Å²) in [6.07, 6.45) is 3.76. The number of aromatic nitrogens is 2. The van der Waals surface area contributed by atoms with E-state index in [0.29, 0.717) is 17.8 Å². The van der Waals surface area contributed by atoms with Crippen molar-refractivity contribution in [1.29, 1.82) is 5.26 Å². The number of amides is 1. The van der Waals surface area contributed by atoms with Crippen LogP contribution in [0, 0.1) is 11.3 Å². The zero-order chi connectivity index (χ0) is 24.6. The van der Waals surface area contributed by atoms with Crippen molar-refractivity contribution >= 4 is 35.0 Å². The van der Waals surface area contributed by atoms with Gasteiger partial charge in [-0.1, -0.05) is 48.5 Å². The van der Waals surface area contributed by atoms with Crippen molar-refractivity contribution in [2.24, 2.45) is 0 Å². The van der Waals surface area contributed by atoms with Gasteiger partial charge in [-0.05, 0) is 42.1 Å². The Balaban J connectivity index is 1.45. The first-order valence-electron chi connectivity index (χ1n) is 10.9. The minimum absolute atomic E-state index is 0.327. The van der Waals surface area contributed by atoms with Gasteiger partial charge in [-0.25, -0.2) is 4.79 Å². The van der Waals surface area contributed by atoms with E-state index >= 15 is 0 Å². The molecule has 0 aliphatic rings. The number of para-hydroxylation sites is 1. The average molecular weight is 483 g/mol. The second-order valence-corrected chi connectivity index (χ2v) is 8.60. The molecule has 7 nitrogen and oxygen atoms in total. The molecule has 1 N–H and O–H groups in total. The van der Waals surface area contributed by atoms with Crippen LogP contribution in [-0.2, 0) is 20.9 Å². The fraction of sp³-hybridized carbons (Fsp3) is 0.111. The Morgan fingerprint density at radius 3 is 2.66 bits per heavy atom. The molecule has 0 aliphatic carbocycles. The molecule has 2 heterocycles. The topological polar surface area (TPSA) is 97.0 Å². The van der Waals surface area contributed by atoms with Crippen LogP contribution in [0.1, 0.15) is 23.6 Å². The second-order valence-electron chi connectivity index (χ2n) is 7.65. The Kier molecular flexibility index (Phi) is 7.50. The first-order chi connectivity index (χ1) is 17.0. The molecule has 0 spiro atoms. The summed E-state index contributed by atoms with van der Waals surface area (Å²) in [6.45, 7) is 2.07. The van der Waals surface area contributed by atoms with Crippen LogP contribution in [0.15, 0.2) is 84.4 Å². The summed E-state index contributed by atoms with van der Waals surface area (Å²) in [6, 6.07) is 22.5. The van der Waals surface area contributed by atoms with Crippen LogP contribution >= 0.6 is 11.3 Å². The van der Waals surface area contributed by atoms with E-state index in [-0.39, 0.29) is 0 Å². The van der Waals surface area contributed by atoms with Gasteiger partial charge in [-0.2, -0.15) is 10.4 Å². The van der Waals surface area contributed by atoms with Crippen LogP contribution in [0.2, 0.25) is 0 Å². The zero-order valence-electron chi connectivity index (χ0n) is 18.9. The number of nitriles is 1. The van der Waals surface area contributed by atoms with Gasteiger partial charge in [0.1, 0.15) is 11.8 Å². The third kappa shape index (κ3) is 6.10. The summed E-state index contributed by atoms with van der Waals surface area (Å²) in [5.74, 6) is -1.18. The fourth-order valence-corrected chi connectivity index (χ4v) is 4.10. The third-order valence-corrected chi connectivity index (χ3v) is 5.98. The van der Waals surface area contributed by atoms with Crippen molar-refractivity contribution < 1.29 is 14.3 Å². The summed E-state index contributed by atoms with van der Waals surface area (Å²) >= 11 is 1.56. The molecule has 1 amide bonds. The molecule has 0 saturated heterocycles. The summed E-state index contributed by atoms with van der Waals surface area (Å²) in [7, 11) is 0. The zero-order valence-corrected chi connectivity index (χ0v) is 19.7. The van der Waals surface area contributed by atoms with Crippen molar-refractivity contribution in [2.75, 3.05) is 5.32 Å². The largest absolute Gasteiger partial charge is 0.449 e. The number of hydrogen-bond donors (Lipinski definition) is 1. The second kappa shape index (κ2) is 11.1. The average Bonchev–Trinajstić information content (AvgIpc) is 3.53. The van der Waals surface area contributed by atoms with Crippen LogP contribution < -0.4 is 5.32 Å². The van der Waals surface area contributed by atoms with Gasteiger partial charge in [0, 0.05) is 17.8 Å². The Morgan fingerprint density at radius 1 is 1.14 bits per heavy atom. The maximum absolute atomic E-state index is 12.4. The molecule has 1 atom stereocenters. The molecule has 0 fully saturated rings. The third-order valence-electron chi connectivity index (χ3n) is 5.10. The highest BCUT2D eigenvalue weighted by molar-refractivity contribution is 7.13. The Labute approximate surface area is 206 Å². The molecule has 4 aromatic rings. The molecule has 0 aliphatic heterocycles. The number of benzene rings is 2. The fourth-order valence-electron chi connectivity index (χ4n) is 3.36. The Morgan fingerprint density at radius 2 is 1.91 bits per heavy atom. The van der Waals surface area contributed by atoms with E-state index in [1.807, 2.05) is 64.8 Å². The molecule has 0 saturated carbocycles. The van der Waals surface area contributed by atoms with Crippen molar-refractivity contribution in [2.45, 2.75) is 19.6 Å². The number of carbonyl (C=O) groups excluding carboxylic acids is 2. The van der Waals surface area contributed by atoms with Crippen LogP contribution in [-0.4, -0.2) is 27.8 Å². The van der Waals surface area contributed by atoms with E-state index in [4.69, 9.17) is 15.1 Å². The first kappa shape index (κ1) is 23.7. The summed E-state index contributed by atoms with van der Waals surface area (Å²) in [5.41, 5.74) is 3.33. The van der Waals surface area contributed by atoms with E-state index in [1.165, 1.54) is 13.0 Å². The van der Waals surface area contributed by atoms with Gasteiger partial charge < -0.3 is 10.1 Å². The van der Waals surface area contributed by atoms with Crippen LogP contribution in [0.5, 0.6) is 0 Å². The van der Waals surface area contributed by atoms with Gasteiger partial charge >= 0.3 is 5.97 Å². The monoisotopic (exact) mass is 482 g/mol. The summed E-state index contributed by atoms with van der Waals surface area (Å²) < 4.78 is 7.10. The predicted octanol–water partition coefficient (Wildman–Crippen LogP) is 5.12. The number of ether oxygens (including phenoxy) is 1. The van der Waals surface area contributed by atoms with E-state index in [9.17, 15) is 9.59 Å². The van der Waals surface area contributed by atoms with Crippen molar-refractivity contribution in [3.63, 3.8) is 0 Å². The maximum atomic E-state index is 12.4. The van der Waals surface area contributed by atoms with Crippen molar-refractivity contribution in [3.8, 4) is 16.6 Å². The van der Waals surface area contributed by atoms with E-state index < -0.39 is 18.0 Å². The van der Waals surface area contributed by atoms with Gasteiger partial charge in [0.2, 0.25) is 0 Å². The highest BCUT2D eigenvalue weighted by atomic mass is 32.1. The molecular weight excluding hydrogens is 460 g/mol. The molecule has 35 heavy (non-hydrogen) atoms. The summed E-state index contributed by atoms with van der Waals surface area (Å²) in [5, 5.41) is 18.5. The van der Waals surface area contributed by atoms with E-state index in [1.54, 1.807) is 41.7 Å². The first-order valence-corrected chi connectivity index (χ1v) is 11.8. The van der Waals surface area contributed by atoms with Crippen molar-refractivity contribution in [1.82, 2.24) is 9.78 Å².